The van der Waals surface area contributed by atoms with Crippen molar-refractivity contribution in [2.75, 3.05) is 25.1 Å². The van der Waals surface area contributed by atoms with Gasteiger partial charge in [0.2, 0.25) is 0 Å². The van der Waals surface area contributed by atoms with Crippen LogP contribution in [0.3, 0.4) is 0 Å². The van der Waals surface area contributed by atoms with E-state index in [1.807, 2.05) is 6.07 Å². The van der Waals surface area contributed by atoms with E-state index in [9.17, 15) is 9.90 Å². The molecular formula is C13H17ClN2O3. The van der Waals surface area contributed by atoms with Crippen molar-refractivity contribution < 1.29 is 14.6 Å². The Morgan fingerprint density at radius 1 is 1.63 bits per heavy atom. The number of hydrogen-bond donors (Lipinski definition) is 2. The lowest BCUT2D eigenvalue weighted by Gasteiger charge is -2.21. The first kappa shape index (κ1) is 14.0. The fraction of sp³-hybridized carbons (Fsp3) is 0.462. The summed E-state index contributed by atoms with van der Waals surface area (Å²) in [5, 5.41) is 12.8. The highest BCUT2D eigenvalue weighted by atomic mass is 35.5. The van der Waals surface area contributed by atoms with Gasteiger partial charge in [-0.05, 0) is 24.6 Å². The van der Waals surface area contributed by atoms with Gasteiger partial charge in [0.05, 0.1) is 19.8 Å². The number of anilines is 1. The van der Waals surface area contributed by atoms with E-state index in [4.69, 9.17) is 11.6 Å². The van der Waals surface area contributed by atoms with Gasteiger partial charge in [0, 0.05) is 29.4 Å². The Morgan fingerprint density at radius 3 is 3.11 bits per heavy atom. The van der Waals surface area contributed by atoms with Crippen molar-refractivity contribution in [2.45, 2.75) is 19.1 Å². The summed E-state index contributed by atoms with van der Waals surface area (Å²) in [6, 6.07) is 5.53. The second-order valence-corrected chi connectivity index (χ2v) is 4.94. The molecule has 1 fully saturated rings. The van der Waals surface area contributed by atoms with Crippen molar-refractivity contribution in [3.05, 3.63) is 28.8 Å². The zero-order valence-corrected chi connectivity index (χ0v) is 11.5. The number of carbonyl (C=O) groups excluding carboxylic acids is 1. The van der Waals surface area contributed by atoms with Crippen molar-refractivity contribution in [1.29, 1.82) is 0 Å². The minimum absolute atomic E-state index is 0.0541. The van der Waals surface area contributed by atoms with Crippen LogP contribution >= 0.6 is 11.6 Å². The zero-order valence-electron chi connectivity index (χ0n) is 10.7. The number of benzene rings is 1. The number of rotatable bonds is 3. The molecule has 0 aliphatic carbocycles. The monoisotopic (exact) mass is 284 g/mol. The summed E-state index contributed by atoms with van der Waals surface area (Å²) in [4.78, 5) is 13.3. The molecule has 2 rings (SSSR count). The van der Waals surface area contributed by atoms with Crippen LogP contribution in [0.1, 0.15) is 12.0 Å². The standard InChI is InChI=1S/C13H17ClN2O3/c1-19-13(18)15-11-4-5-16(7-11)12-3-2-10(14)6-9(12)8-17/h2-3,6,11,17H,4-5,7-8H2,1H3,(H,15,18). The van der Waals surface area contributed by atoms with Gasteiger partial charge >= 0.3 is 6.09 Å². The molecule has 1 unspecified atom stereocenters. The number of halogens is 1. The van der Waals surface area contributed by atoms with E-state index in [1.54, 1.807) is 12.1 Å². The maximum Gasteiger partial charge on any atom is 0.407 e. The summed E-state index contributed by atoms with van der Waals surface area (Å²) in [5.74, 6) is 0. The average molecular weight is 285 g/mol. The van der Waals surface area contributed by atoms with Gasteiger partial charge in [-0.1, -0.05) is 11.6 Å². The third-order valence-corrected chi connectivity index (χ3v) is 3.48. The van der Waals surface area contributed by atoms with Gasteiger partial charge in [0.15, 0.2) is 0 Å². The van der Waals surface area contributed by atoms with Crippen molar-refractivity contribution in [1.82, 2.24) is 5.32 Å². The first-order valence-electron chi connectivity index (χ1n) is 6.12. The number of carbonyl (C=O) groups is 1. The molecule has 1 amide bonds. The quantitative estimate of drug-likeness (QED) is 0.888. The molecule has 104 valence electrons. The van der Waals surface area contributed by atoms with E-state index in [2.05, 4.69) is 15.0 Å². The van der Waals surface area contributed by atoms with Gasteiger partial charge in [-0.3, -0.25) is 0 Å². The molecular weight excluding hydrogens is 268 g/mol. The molecule has 1 aromatic rings. The Balaban J connectivity index is 2.06. The van der Waals surface area contributed by atoms with Crippen LogP contribution in [0.15, 0.2) is 18.2 Å². The fourth-order valence-electron chi connectivity index (χ4n) is 2.31. The van der Waals surface area contributed by atoms with Gasteiger partial charge in [-0.15, -0.1) is 0 Å². The highest BCUT2D eigenvalue weighted by Crippen LogP contribution is 2.27. The Labute approximate surface area is 117 Å². The topological polar surface area (TPSA) is 61.8 Å². The summed E-state index contributed by atoms with van der Waals surface area (Å²) >= 11 is 5.92. The molecule has 1 aliphatic rings. The predicted octanol–water partition coefficient (Wildman–Crippen LogP) is 1.77. The molecule has 0 bridgehead atoms. The molecule has 6 heteroatoms. The molecule has 1 atom stereocenters. The second-order valence-electron chi connectivity index (χ2n) is 4.50. The Bertz CT molecular complexity index is 467. The Hall–Kier alpha value is -1.46. The molecule has 1 heterocycles. The van der Waals surface area contributed by atoms with Crippen LogP contribution in [0.25, 0.3) is 0 Å². The lowest BCUT2D eigenvalue weighted by Crippen LogP contribution is -2.37. The first-order valence-corrected chi connectivity index (χ1v) is 6.50. The molecule has 1 saturated heterocycles. The summed E-state index contributed by atoms with van der Waals surface area (Å²) in [7, 11) is 1.35. The van der Waals surface area contributed by atoms with E-state index in [-0.39, 0.29) is 12.6 Å². The molecule has 0 saturated carbocycles. The van der Waals surface area contributed by atoms with Crippen LogP contribution in [-0.2, 0) is 11.3 Å². The minimum atomic E-state index is -0.412. The lowest BCUT2D eigenvalue weighted by atomic mass is 10.1. The number of alkyl carbamates (subject to hydrolysis) is 1. The van der Waals surface area contributed by atoms with Gasteiger partial charge in [-0.25, -0.2) is 4.79 Å². The fourth-order valence-corrected chi connectivity index (χ4v) is 2.51. The smallest absolute Gasteiger partial charge is 0.407 e. The number of nitrogens with one attached hydrogen (secondary N) is 1. The number of hydrogen-bond acceptors (Lipinski definition) is 4. The van der Waals surface area contributed by atoms with Crippen LogP contribution in [0.4, 0.5) is 10.5 Å². The van der Waals surface area contributed by atoms with Crippen molar-refractivity contribution in [2.24, 2.45) is 0 Å². The molecule has 1 aliphatic heterocycles. The summed E-state index contributed by atoms with van der Waals surface area (Å²) in [5.41, 5.74) is 1.76. The normalized spacial score (nSPS) is 18.5. The molecule has 0 aromatic heterocycles. The summed E-state index contributed by atoms with van der Waals surface area (Å²) in [6.07, 6.45) is 0.438. The maximum atomic E-state index is 11.2. The van der Waals surface area contributed by atoms with Crippen molar-refractivity contribution in [3.8, 4) is 0 Å². The van der Waals surface area contributed by atoms with Crippen LogP contribution in [0, 0.1) is 0 Å². The Kier molecular flexibility index (Phi) is 4.50. The van der Waals surface area contributed by atoms with E-state index < -0.39 is 6.09 Å². The summed E-state index contributed by atoms with van der Waals surface area (Å²) < 4.78 is 4.59. The minimum Gasteiger partial charge on any atom is -0.453 e. The third kappa shape index (κ3) is 3.30. The van der Waals surface area contributed by atoms with Crippen molar-refractivity contribution >= 4 is 23.4 Å². The van der Waals surface area contributed by atoms with Gasteiger partial charge in [0.25, 0.3) is 0 Å². The number of ether oxygens (including phenoxy) is 1. The van der Waals surface area contributed by atoms with Gasteiger partial charge in [-0.2, -0.15) is 0 Å². The SMILES string of the molecule is COC(=O)NC1CCN(c2ccc(Cl)cc2CO)C1. The zero-order chi connectivity index (χ0) is 13.8. The van der Waals surface area contributed by atoms with Gasteiger partial charge < -0.3 is 20.1 Å². The number of nitrogens with zero attached hydrogens (tertiary/aromatic N) is 1. The van der Waals surface area contributed by atoms with Gasteiger partial charge in [0.1, 0.15) is 0 Å². The van der Waals surface area contributed by atoms with E-state index in [1.165, 1.54) is 7.11 Å². The number of aliphatic hydroxyl groups excluding tert-OH is 1. The molecule has 19 heavy (non-hydrogen) atoms. The average Bonchev–Trinajstić information content (AvgIpc) is 2.86. The highest BCUT2D eigenvalue weighted by molar-refractivity contribution is 6.30. The first-order chi connectivity index (χ1) is 9.13. The van der Waals surface area contributed by atoms with Crippen molar-refractivity contribution in [3.63, 3.8) is 0 Å². The summed E-state index contributed by atoms with van der Waals surface area (Å²) in [6.45, 7) is 1.47. The molecule has 0 radical (unpaired) electrons. The largest absolute Gasteiger partial charge is 0.453 e. The number of methoxy groups -OCH3 is 1. The van der Waals surface area contributed by atoms with E-state index in [0.717, 1.165) is 24.2 Å². The van der Waals surface area contributed by atoms with Crippen LogP contribution < -0.4 is 10.2 Å². The maximum absolute atomic E-state index is 11.2. The number of aliphatic hydroxyl groups is 1. The van der Waals surface area contributed by atoms with Crippen LogP contribution in [0.5, 0.6) is 0 Å². The number of amides is 1. The molecule has 5 nitrogen and oxygen atoms in total. The third-order valence-electron chi connectivity index (χ3n) is 3.25. The van der Waals surface area contributed by atoms with Crippen LogP contribution in [-0.4, -0.2) is 37.4 Å². The van der Waals surface area contributed by atoms with Crippen LogP contribution in [0.2, 0.25) is 5.02 Å². The molecule has 2 N–H and O–H groups in total. The molecule has 0 spiro atoms. The second kappa shape index (κ2) is 6.12. The lowest BCUT2D eigenvalue weighted by molar-refractivity contribution is 0.167. The molecule has 1 aromatic carbocycles. The van der Waals surface area contributed by atoms with E-state index >= 15 is 0 Å². The predicted molar refractivity (Wildman–Crippen MR) is 73.5 cm³/mol. The highest BCUT2D eigenvalue weighted by Gasteiger charge is 2.25. The Morgan fingerprint density at radius 2 is 2.42 bits per heavy atom. The van der Waals surface area contributed by atoms with E-state index in [0.29, 0.717) is 11.6 Å².